The number of aliphatic hydroxyl groups excluding tert-OH is 1. The number of aliphatic carboxylic acids is 1. The number of amides is 1. The highest BCUT2D eigenvalue weighted by molar-refractivity contribution is 5.86. The number of allylic oxidation sites excluding steroid dienone is 2. The zero-order valence-corrected chi connectivity index (χ0v) is 10.4. The van der Waals surface area contributed by atoms with Crippen LogP contribution < -0.4 is 5.32 Å². The molecular formula is C13H19NO4. The van der Waals surface area contributed by atoms with Gasteiger partial charge in [0.05, 0.1) is 17.9 Å². The summed E-state index contributed by atoms with van der Waals surface area (Å²) in [6, 6.07) is 0. The van der Waals surface area contributed by atoms with Gasteiger partial charge in [0.15, 0.2) is 0 Å². The Balaban J connectivity index is 1.96. The van der Waals surface area contributed by atoms with Crippen LogP contribution in [0.1, 0.15) is 19.8 Å². The summed E-state index contributed by atoms with van der Waals surface area (Å²) in [6.07, 6.45) is 4.68. The number of hydrogen-bond acceptors (Lipinski definition) is 3. The maximum Gasteiger partial charge on any atom is 0.307 e. The van der Waals surface area contributed by atoms with Crippen LogP contribution in [0, 0.1) is 23.7 Å². The quantitative estimate of drug-likeness (QED) is 0.619. The van der Waals surface area contributed by atoms with E-state index in [9.17, 15) is 14.7 Å². The average molecular weight is 253 g/mol. The second-order valence-corrected chi connectivity index (χ2v) is 5.27. The highest BCUT2D eigenvalue weighted by Crippen LogP contribution is 2.48. The van der Waals surface area contributed by atoms with Gasteiger partial charge in [-0.2, -0.15) is 0 Å². The summed E-state index contributed by atoms with van der Waals surface area (Å²) in [5, 5.41) is 21.1. The van der Waals surface area contributed by atoms with Gasteiger partial charge in [-0.05, 0) is 31.6 Å². The number of carbonyl (C=O) groups excluding carboxylic acids is 1. The van der Waals surface area contributed by atoms with Crippen molar-refractivity contribution >= 4 is 11.9 Å². The van der Waals surface area contributed by atoms with Crippen molar-refractivity contribution < 1.29 is 19.8 Å². The molecule has 3 N–H and O–H groups in total. The number of nitrogens with one attached hydrogen (secondary N) is 1. The van der Waals surface area contributed by atoms with Crippen molar-refractivity contribution in [2.75, 3.05) is 6.54 Å². The maximum atomic E-state index is 12.0. The lowest BCUT2D eigenvalue weighted by Gasteiger charge is -2.23. The summed E-state index contributed by atoms with van der Waals surface area (Å²) < 4.78 is 0. The topological polar surface area (TPSA) is 86.6 Å². The molecule has 5 atom stereocenters. The molecule has 1 fully saturated rings. The third-order valence-electron chi connectivity index (χ3n) is 3.91. The molecule has 2 aliphatic rings. The van der Waals surface area contributed by atoms with Gasteiger partial charge in [-0.25, -0.2) is 0 Å². The van der Waals surface area contributed by atoms with E-state index in [2.05, 4.69) is 5.32 Å². The number of fused-ring (bicyclic) bond motifs is 2. The lowest BCUT2D eigenvalue weighted by Crippen LogP contribution is -2.40. The predicted octanol–water partition coefficient (Wildman–Crippen LogP) is 0.396. The summed E-state index contributed by atoms with van der Waals surface area (Å²) >= 11 is 0. The first-order valence-electron chi connectivity index (χ1n) is 6.37. The molecule has 1 amide bonds. The van der Waals surface area contributed by atoms with Crippen LogP contribution in [-0.2, 0) is 9.59 Å². The van der Waals surface area contributed by atoms with E-state index in [0.717, 1.165) is 6.42 Å². The van der Waals surface area contributed by atoms with Crippen LogP contribution in [0.25, 0.3) is 0 Å². The van der Waals surface area contributed by atoms with Gasteiger partial charge in [-0.1, -0.05) is 12.2 Å². The molecule has 2 bridgehead atoms. The Kier molecular flexibility index (Phi) is 3.71. The van der Waals surface area contributed by atoms with Crippen LogP contribution in [0.5, 0.6) is 0 Å². The van der Waals surface area contributed by atoms with Gasteiger partial charge in [0.1, 0.15) is 0 Å². The first-order valence-corrected chi connectivity index (χ1v) is 6.37. The van der Waals surface area contributed by atoms with Crippen molar-refractivity contribution in [3.05, 3.63) is 12.2 Å². The fourth-order valence-corrected chi connectivity index (χ4v) is 3.04. The zero-order chi connectivity index (χ0) is 13.3. The van der Waals surface area contributed by atoms with Crippen molar-refractivity contribution in [1.29, 1.82) is 0 Å². The van der Waals surface area contributed by atoms with Crippen LogP contribution in [-0.4, -0.2) is 34.7 Å². The van der Waals surface area contributed by atoms with Gasteiger partial charge in [-0.15, -0.1) is 0 Å². The van der Waals surface area contributed by atoms with Crippen LogP contribution in [0.3, 0.4) is 0 Å². The Hall–Kier alpha value is -1.36. The molecule has 1 saturated carbocycles. The Morgan fingerprint density at radius 2 is 1.94 bits per heavy atom. The van der Waals surface area contributed by atoms with Crippen molar-refractivity contribution in [2.45, 2.75) is 25.9 Å². The van der Waals surface area contributed by atoms with Gasteiger partial charge < -0.3 is 15.5 Å². The van der Waals surface area contributed by atoms with E-state index in [1.165, 1.54) is 0 Å². The normalized spacial score (nSPS) is 34.6. The fourth-order valence-electron chi connectivity index (χ4n) is 3.04. The van der Waals surface area contributed by atoms with Gasteiger partial charge in [0, 0.05) is 6.54 Å². The SMILES string of the molecule is CC(O)CCNC(=O)C1C2C=CC(C2)C1C(=O)O. The first-order chi connectivity index (χ1) is 8.50. The molecule has 0 spiro atoms. The van der Waals surface area contributed by atoms with Gasteiger partial charge in [0.25, 0.3) is 0 Å². The number of carboxylic acid groups (broad SMARTS) is 1. The Bertz CT molecular complexity index is 377. The lowest BCUT2D eigenvalue weighted by atomic mass is 9.82. The Morgan fingerprint density at radius 1 is 1.33 bits per heavy atom. The van der Waals surface area contributed by atoms with E-state index in [-0.39, 0.29) is 17.7 Å². The highest BCUT2D eigenvalue weighted by atomic mass is 16.4. The molecule has 2 aliphatic carbocycles. The van der Waals surface area contributed by atoms with E-state index >= 15 is 0 Å². The minimum atomic E-state index is -0.887. The predicted molar refractivity (Wildman–Crippen MR) is 64.7 cm³/mol. The van der Waals surface area contributed by atoms with Crippen LogP contribution in [0.2, 0.25) is 0 Å². The maximum absolute atomic E-state index is 12.0. The molecule has 5 heteroatoms. The number of hydrogen-bond donors (Lipinski definition) is 3. The molecule has 0 aromatic carbocycles. The molecule has 0 aromatic rings. The van der Waals surface area contributed by atoms with E-state index < -0.39 is 23.9 Å². The third-order valence-corrected chi connectivity index (χ3v) is 3.91. The number of rotatable bonds is 5. The van der Waals surface area contributed by atoms with Crippen LogP contribution in [0.4, 0.5) is 0 Å². The summed E-state index contributed by atoms with van der Waals surface area (Å²) in [6.45, 7) is 2.05. The second kappa shape index (κ2) is 5.10. The molecular weight excluding hydrogens is 234 g/mol. The minimum absolute atomic E-state index is 0.0000143. The third kappa shape index (κ3) is 2.41. The molecule has 0 heterocycles. The number of carboxylic acids is 1. The van der Waals surface area contributed by atoms with E-state index in [0.29, 0.717) is 13.0 Å². The molecule has 0 radical (unpaired) electrons. The molecule has 18 heavy (non-hydrogen) atoms. The van der Waals surface area contributed by atoms with Crippen molar-refractivity contribution in [3.63, 3.8) is 0 Å². The van der Waals surface area contributed by atoms with E-state index in [1.807, 2.05) is 12.2 Å². The molecule has 100 valence electrons. The summed E-state index contributed by atoms with van der Waals surface area (Å²) in [4.78, 5) is 23.3. The highest BCUT2D eigenvalue weighted by Gasteiger charge is 2.51. The van der Waals surface area contributed by atoms with Gasteiger partial charge in [-0.3, -0.25) is 9.59 Å². The number of carbonyl (C=O) groups is 2. The fraction of sp³-hybridized carbons (Fsp3) is 0.692. The smallest absolute Gasteiger partial charge is 0.307 e. The lowest BCUT2D eigenvalue weighted by molar-refractivity contribution is -0.147. The average Bonchev–Trinajstić information content (AvgIpc) is 2.87. The van der Waals surface area contributed by atoms with Crippen molar-refractivity contribution in [1.82, 2.24) is 5.32 Å². The standard InChI is InChI=1S/C13H19NO4/c1-7(15)4-5-14-12(16)10-8-2-3-9(6-8)11(10)13(17)18/h2-3,7-11,15H,4-6H2,1H3,(H,14,16)(H,17,18). The first kappa shape index (κ1) is 13.1. The second-order valence-electron chi connectivity index (χ2n) is 5.27. The molecule has 0 saturated heterocycles. The molecule has 0 aromatic heterocycles. The number of aliphatic hydroxyl groups is 1. The van der Waals surface area contributed by atoms with Gasteiger partial charge >= 0.3 is 5.97 Å². The molecule has 2 rings (SSSR count). The van der Waals surface area contributed by atoms with Gasteiger partial charge in [0.2, 0.25) is 5.91 Å². The monoisotopic (exact) mass is 253 g/mol. The Labute approximate surface area is 106 Å². The summed E-state index contributed by atoms with van der Waals surface area (Å²) in [5.74, 6) is -2.07. The molecule has 5 nitrogen and oxygen atoms in total. The minimum Gasteiger partial charge on any atom is -0.481 e. The summed E-state index contributed by atoms with van der Waals surface area (Å²) in [7, 11) is 0. The molecule has 0 aliphatic heterocycles. The van der Waals surface area contributed by atoms with Crippen LogP contribution >= 0.6 is 0 Å². The van der Waals surface area contributed by atoms with Crippen LogP contribution in [0.15, 0.2) is 12.2 Å². The summed E-state index contributed by atoms with van der Waals surface area (Å²) in [5.41, 5.74) is 0. The van der Waals surface area contributed by atoms with E-state index in [1.54, 1.807) is 6.92 Å². The van der Waals surface area contributed by atoms with E-state index in [4.69, 9.17) is 5.11 Å². The zero-order valence-electron chi connectivity index (χ0n) is 10.4. The largest absolute Gasteiger partial charge is 0.481 e. The van der Waals surface area contributed by atoms with Crippen molar-refractivity contribution in [3.8, 4) is 0 Å². The molecule has 5 unspecified atom stereocenters. The Morgan fingerprint density at radius 3 is 2.50 bits per heavy atom. The van der Waals surface area contributed by atoms with Crippen molar-refractivity contribution in [2.24, 2.45) is 23.7 Å².